The van der Waals surface area contributed by atoms with E-state index in [2.05, 4.69) is 143 Å². The van der Waals surface area contributed by atoms with Crippen molar-refractivity contribution in [1.82, 2.24) is 0 Å². The maximum atomic E-state index is 5.48. The van der Waals surface area contributed by atoms with Gasteiger partial charge in [0.25, 0.3) is 0 Å². The number of hydrogen-bond acceptors (Lipinski definition) is 4. The van der Waals surface area contributed by atoms with E-state index in [1.165, 1.54) is 96.1 Å². The highest BCUT2D eigenvalue weighted by atomic mass is 16.5. The van der Waals surface area contributed by atoms with Gasteiger partial charge in [-0.3, -0.25) is 0 Å². The van der Waals surface area contributed by atoms with Gasteiger partial charge in [-0.15, -0.1) is 0 Å². The zero-order valence-electron chi connectivity index (χ0n) is 31.7. The van der Waals surface area contributed by atoms with E-state index in [-0.39, 0.29) is 0 Å². The molecule has 274 valence electrons. The number of pyridine rings is 2. The molecule has 2 aromatic carbocycles. The molecule has 2 saturated heterocycles. The van der Waals surface area contributed by atoms with Crippen molar-refractivity contribution >= 4 is 35.7 Å². The zero-order chi connectivity index (χ0) is 35.8. The van der Waals surface area contributed by atoms with Gasteiger partial charge >= 0.3 is 0 Å². The highest BCUT2D eigenvalue weighted by molar-refractivity contribution is 5.72. The minimum Gasteiger partial charge on any atom is -0.378 e. The molecular formula is C46H60N4O2+2. The number of anilines is 2. The molecule has 0 atom stereocenters. The van der Waals surface area contributed by atoms with Crippen LogP contribution in [0.5, 0.6) is 0 Å². The summed E-state index contributed by atoms with van der Waals surface area (Å²) in [5.41, 5.74) is 10.3. The van der Waals surface area contributed by atoms with Gasteiger partial charge in [0.2, 0.25) is 0 Å². The smallest absolute Gasteiger partial charge is 0.172 e. The van der Waals surface area contributed by atoms with Crippen molar-refractivity contribution in [3.05, 3.63) is 119 Å². The molecule has 6 rings (SSSR count). The Morgan fingerprint density at radius 1 is 0.481 bits per heavy atom. The van der Waals surface area contributed by atoms with Crippen molar-refractivity contribution in [2.75, 3.05) is 62.4 Å². The predicted molar refractivity (Wildman–Crippen MR) is 216 cm³/mol. The lowest BCUT2D eigenvalue weighted by molar-refractivity contribution is -0.697. The van der Waals surface area contributed by atoms with Crippen LogP contribution in [0.25, 0.3) is 24.3 Å². The summed E-state index contributed by atoms with van der Waals surface area (Å²) < 4.78 is 15.7. The van der Waals surface area contributed by atoms with Crippen LogP contribution in [-0.4, -0.2) is 52.6 Å². The summed E-state index contributed by atoms with van der Waals surface area (Å²) in [6.07, 6.45) is 28.5. The molecule has 6 nitrogen and oxygen atoms in total. The number of aromatic nitrogens is 2. The summed E-state index contributed by atoms with van der Waals surface area (Å²) in [5.74, 6) is 0. The Kier molecular flexibility index (Phi) is 14.5. The molecule has 0 bridgehead atoms. The van der Waals surface area contributed by atoms with Gasteiger partial charge in [0, 0.05) is 73.7 Å². The molecule has 2 aromatic heterocycles. The first-order chi connectivity index (χ1) is 25.6. The van der Waals surface area contributed by atoms with Gasteiger partial charge in [0.15, 0.2) is 24.8 Å². The molecule has 52 heavy (non-hydrogen) atoms. The van der Waals surface area contributed by atoms with Gasteiger partial charge < -0.3 is 19.3 Å². The summed E-state index contributed by atoms with van der Waals surface area (Å²) >= 11 is 0. The van der Waals surface area contributed by atoms with Gasteiger partial charge in [-0.25, -0.2) is 9.13 Å². The van der Waals surface area contributed by atoms with Gasteiger partial charge in [-0.1, -0.05) is 74.3 Å². The predicted octanol–water partition coefficient (Wildman–Crippen LogP) is 8.71. The van der Waals surface area contributed by atoms with E-state index in [4.69, 9.17) is 9.47 Å². The summed E-state index contributed by atoms with van der Waals surface area (Å²) in [6, 6.07) is 22.3. The maximum Gasteiger partial charge on any atom is 0.172 e. The summed E-state index contributed by atoms with van der Waals surface area (Å²) in [7, 11) is 0. The summed E-state index contributed by atoms with van der Waals surface area (Å²) in [5, 5.41) is 0. The molecular weight excluding hydrogens is 641 g/mol. The second kappa shape index (κ2) is 20.1. The number of ether oxygens (including phenoxy) is 2. The highest BCUT2D eigenvalue weighted by Crippen LogP contribution is 2.20. The minimum atomic E-state index is 0.818. The van der Waals surface area contributed by atoms with Crippen molar-refractivity contribution in [3.63, 3.8) is 0 Å². The number of morpholine rings is 2. The highest BCUT2D eigenvalue weighted by Gasteiger charge is 2.12. The van der Waals surface area contributed by atoms with E-state index in [1.807, 2.05) is 0 Å². The Labute approximate surface area is 313 Å². The summed E-state index contributed by atoms with van der Waals surface area (Å²) in [6.45, 7) is 13.8. The number of rotatable bonds is 17. The van der Waals surface area contributed by atoms with Crippen molar-refractivity contribution in [3.8, 4) is 0 Å². The molecule has 0 radical (unpaired) electrons. The van der Waals surface area contributed by atoms with Crippen LogP contribution >= 0.6 is 0 Å². The monoisotopic (exact) mass is 700 g/mol. The fourth-order valence-electron chi connectivity index (χ4n) is 7.26. The normalized spacial score (nSPS) is 15.3. The molecule has 0 N–H and O–H groups in total. The zero-order valence-corrected chi connectivity index (χ0v) is 31.7. The van der Waals surface area contributed by atoms with E-state index in [9.17, 15) is 0 Å². The standard InChI is InChI=1S/C46H60N4O2/c1-39-37-47(27-23-43(39)17-11-41-13-19-45(20-14-41)49-29-33-51-34-30-49)25-9-7-5-3-4-6-8-10-26-48-28-24-44(40(2)38-48)18-12-42-15-21-46(22-16-42)50-31-35-52-36-32-50/h11-24,27-28,37-38H,3-10,25-26,29-36H2,1-2H3/q+2. The van der Waals surface area contributed by atoms with Gasteiger partial charge in [0.1, 0.15) is 13.1 Å². The molecule has 4 aromatic rings. The van der Waals surface area contributed by atoms with Crippen LogP contribution in [0.2, 0.25) is 0 Å². The van der Waals surface area contributed by atoms with Crippen LogP contribution in [0.4, 0.5) is 11.4 Å². The first kappa shape index (κ1) is 37.5. The molecule has 0 unspecified atom stereocenters. The molecule has 4 heterocycles. The van der Waals surface area contributed by atoms with E-state index in [0.717, 1.165) is 65.7 Å². The Balaban J connectivity index is 0.812. The van der Waals surface area contributed by atoms with E-state index >= 15 is 0 Å². The van der Waals surface area contributed by atoms with Gasteiger partial charge in [0.05, 0.1) is 26.4 Å². The minimum absolute atomic E-state index is 0.818. The van der Waals surface area contributed by atoms with Crippen molar-refractivity contribution < 1.29 is 18.6 Å². The van der Waals surface area contributed by atoms with Crippen LogP contribution in [-0.2, 0) is 22.6 Å². The lowest BCUT2D eigenvalue weighted by atomic mass is 10.1. The van der Waals surface area contributed by atoms with Crippen LogP contribution in [0, 0.1) is 13.8 Å². The molecule has 2 aliphatic heterocycles. The average Bonchev–Trinajstić information content (AvgIpc) is 3.19. The number of nitrogens with zero attached hydrogens (tertiary/aromatic N) is 4. The van der Waals surface area contributed by atoms with E-state index < -0.39 is 0 Å². The van der Waals surface area contributed by atoms with Crippen LogP contribution in [0.3, 0.4) is 0 Å². The molecule has 2 aliphatic rings. The molecule has 0 spiro atoms. The lowest BCUT2D eigenvalue weighted by Gasteiger charge is -2.28. The van der Waals surface area contributed by atoms with Crippen LogP contribution in [0.1, 0.15) is 84.7 Å². The number of hydrogen-bond donors (Lipinski definition) is 0. The first-order valence-corrected chi connectivity index (χ1v) is 19.8. The second-order valence-electron chi connectivity index (χ2n) is 14.5. The molecule has 0 saturated carbocycles. The molecule has 0 aliphatic carbocycles. The molecule has 0 amide bonds. The third-order valence-electron chi connectivity index (χ3n) is 10.6. The fraction of sp³-hybridized carbons (Fsp3) is 0.435. The Bertz CT molecular complexity index is 1590. The topological polar surface area (TPSA) is 32.7 Å². The first-order valence-electron chi connectivity index (χ1n) is 19.8. The second-order valence-corrected chi connectivity index (χ2v) is 14.5. The molecule has 2 fully saturated rings. The van der Waals surface area contributed by atoms with Crippen molar-refractivity contribution in [2.45, 2.75) is 78.3 Å². The average molecular weight is 701 g/mol. The third kappa shape index (κ3) is 11.6. The Morgan fingerprint density at radius 2 is 0.846 bits per heavy atom. The lowest BCUT2D eigenvalue weighted by Crippen LogP contribution is -2.36. The SMILES string of the molecule is Cc1c[n+](CCCCCCCCCC[n+]2ccc(/C=C/c3ccc(N4CCOCC4)cc3)c(C)c2)ccc1/C=C/c1ccc(N2CCOCC2)cc1. The number of unbranched alkanes of at least 4 members (excludes halogenated alkanes) is 7. The largest absolute Gasteiger partial charge is 0.378 e. The van der Waals surface area contributed by atoms with E-state index in [0.29, 0.717) is 0 Å². The summed E-state index contributed by atoms with van der Waals surface area (Å²) in [4.78, 5) is 4.79. The Hall–Kier alpha value is -4.26. The number of aryl methyl sites for hydroxylation is 4. The molecule has 6 heteroatoms. The van der Waals surface area contributed by atoms with Gasteiger partial charge in [-0.05, 0) is 73.2 Å². The third-order valence-corrected chi connectivity index (χ3v) is 10.6. The Morgan fingerprint density at radius 3 is 1.21 bits per heavy atom. The van der Waals surface area contributed by atoms with Crippen molar-refractivity contribution in [1.29, 1.82) is 0 Å². The van der Waals surface area contributed by atoms with E-state index in [1.54, 1.807) is 0 Å². The fourth-order valence-corrected chi connectivity index (χ4v) is 7.26. The van der Waals surface area contributed by atoms with Crippen molar-refractivity contribution in [2.24, 2.45) is 0 Å². The van der Waals surface area contributed by atoms with Crippen LogP contribution in [0.15, 0.2) is 85.5 Å². The number of benzene rings is 2. The van der Waals surface area contributed by atoms with Gasteiger partial charge in [-0.2, -0.15) is 0 Å². The quantitative estimate of drug-likeness (QED) is 0.0815. The maximum absolute atomic E-state index is 5.48. The van der Waals surface area contributed by atoms with Crippen LogP contribution < -0.4 is 18.9 Å².